The summed E-state index contributed by atoms with van der Waals surface area (Å²) in [5.74, 6) is 0.309. The van der Waals surface area contributed by atoms with Gasteiger partial charge in [0.25, 0.3) is 11.8 Å². The summed E-state index contributed by atoms with van der Waals surface area (Å²) < 4.78 is 1.97. The fraction of sp³-hybridized carbons (Fsp3) is 0.200. The van der Waals surface area contributed by atoms with E-state index in [-0.39, 0.29) is 11.8 Å². The van der Waals surface area contributed by atoms with E-state index in [2.05, 4.69) is 20.3 Å². The highest BCUT2D eigenvalue weighted by atomic mass is 16.2. The van der Waals surface area contributed by atoms with Gasteiger partial charge in [-0.1, -0.05) is 60.7 Å². The Kier molecular flexibility index (Phi) is 5.72. The zero-order valence-electron chi connectivity index (χ0n) is 18.0. The number of fused-ring (bicyclic) bond motifs is 1. The number of imidazole rings is 2. The van der Waals surface area contributed by atoms with Gasteiger partial charge in [-0.2, -0.15) is 0 Å². The van der Waals surface area contributed by atoms with Crippen molar-refractivity contribution in [2.24, 2.45) is 0 Å². The molecule has 8 heteroatoms. The number of hydrogen-bond acceptors (Lipinski definition) is 4. The summed E-state index contributed by atoms with van der Waals surface area (Å²) in [6, 6.07) is 19.4. The molecule has 4 aromatic rings. The fourth-order valence-electron chi connectivity index (χ4n) is 4.19. The zero-order valence-corrected chi connectivity index (χ0v) is 18.0. The van der Waals surface area contributed by atoms with Crippen LogP contribution in [0, 0.1) is 0 Å². The number of nitrogens with one attached hydrogen (secondary N) is 2. The molecule has 1 aliphatic heterocycles. The monoisotopic (exact) mass is 440 g/mol. The van der Waals surface area contributed by atoms with Crippen LogP contribution in [0.3, 0.4) is 0 Å². The van der Waals surface area contributed by atoms with Gasteiger partial charge in [0.05, 0.1) is 12.5 Å². The summed E-state index contributed by atoms with van der Waals surface area (Å²) in [7, 11) is 0. The summed E-state index contributed by atoms with van der Waals surface area (Å²) in [6.07, 6.45) is 5.55. The number of aromatic nitrogens is 4. The standard InChI is InChI=1S/C25H24N6O2/c32-24(27-12-11-18-7-3-1-4-8-18)21-16-30-13-14-31(25(33)20-15-26-17-28-20)22(23(30)29-21)19-9-5-2-6-10-19/h1-10,15-17,22H,11-14H2,(H,26,28)(H,27,32). The van der Waals surface area contributed by atoms with Crippen molar-refractivity contribution in [1.82, 2.24) is 29.7 Å². The van der Waals surface area contributed by atoms with Crippen molar-refractivity contribution in [2.45, 2.75) is 19.0 Å². The lowest BCUT2D eigenvalue weighted by atomic mass is 10.0. The Morgan fingerprint density at radius 1 is 1.03 bits per heavy atom. The lowest BCUT2D eigenvalue weighted by Crippen LogP contribution is -2.42. The first-order valence-electron chi connectivity index (χ1n) is 10.9. The van der Waals surface area contributed by atoms with Gasteiger partial charge in [-0.25, -0.2) is 9.97 Å². The second-order valence-corrected chi connectivity index (χ2v) is 7.95. The number of H-pyrrole nitrogens is 1. The molecule has 0 fully saturated rings. The number of rotatable bonds is 6. The number of carbonyl (C=O) groups excluding carboxylic acids is 2. The molecule has 2 aromatic carbocycles. The van der Waals surface area contributed by atoms with Gasteiger partial charge < -0.3 is 19.8 Å². The van der Waals surface area contributed by atoms with E-state index in [1.54, 1.807) is 11.1 Å². The molecule has 5 rings (SSSR count). The number of carbonyl (C=O) groups is 2. The highest BCUT2D eigenvalue weighted by Crippen LogP contribution is 2.32. The van der Waals surface area contributed by atoms with E-state index in [9.17, 15) is 9.59 Å². The maximum Gasteiger partial charge on any atom is 0.272 e. The smallest absolute Gasteiger partial charge is 0.272 e. The van der Waals surface area contributed by atoms with E-state index in [1.165, 1.54) is 18.1 Å². The van der Waals surface area contributed by atoms with Crippen molar-refractivity contribution in [3.63, 3.8) is 0 Å². The van der Waals surface area contributed by atoms with Crippen LogP contribution in [0.15, 0.2) is 79.4 Å². The molecule has 1 unspecified atom stereocenters. The minimum Gasteiger partial charge on any atom is -0.350 e. The second-order valence-electron chi connectivity index (χ2n) is 7.95. The van der Waals surface area contributed by atoms with Crippen molar-refractivity contribution >= 4 is 11.8 Å². The molecule has 1 aliphatic rings. The quantitative estimate of drug-likeness (QED) is 0.482. The molecule has 3 heterocycles. The SMILES string of the molecule is O=C(NCCc1ccccc1)c1cn2c(n1)C(c1ccccc1)N(C(=O)c1cnc[nH]1)CC2. The van der Waals surface area contributed by atoms with E-state index in [0.717, 1.165) is 12.0 Å². The van der Waals surface area contributed by atoms with Crippen LogP contribution in [0.4, 0.5) is 0 Å². The molecule has 0 aliphatic carbocycles. The lowest BCUT2D eigenvalue weighted by Gasteiger charge is -2.36. The minimum absolute atomic E-state index is 0.149. The summed E-state index contributed by atoms with van der Waals surface area (Å²) in [5, 5.41) is 2.96. The molecule has 2 N–H and O–H groups in total. The summed E-state index contributed by atoms with van der Waals surface area (Å²) in [4.78, 5) is 39.4. The normalized spacial score (nSPS) is 15.2. The van der Waals surface area contributed by atoms with Gasteiger partial charge in [0.2, 0.25) is 0 Å². The van der Waals surface area contributed by atoms with E-state index in [0.29, 0.717) is 36.8 Å². The predicted octanol–water partition coefficient (Wildman–Crippen LogP) is 2.82. The summed E-state index contributed by atoms with van der Waals surface area (Å²) >= 11 is 0. The van der Waals surface area contributed by atoms with Crippen LogP contribution in [0.25, 0.3) is 0 Å². The van der Waals surface area contributed by atoms with Crippen LogP contribution in [0.2, 0.25) is 0 Å². The van der Waals surface area contributed by atoms with E-state index >= 15 is 0 Å². The predicted molar refractivity (Wildman–Crippen MR) is 123 cm³/mol. The summed E-state index contributed by atoms with van der Waals surface area (Å²) in [6.45, 7) is 1.58. The second kappa shape index (κ2) is 9.12. The highest BCUT2D eigenvalue weighted by Gasteiger charge is 2.35. The maximum atomic E-state index is 13.2. The van der Waals surface area contributed by atoms with Crippen molar-refractivity contribution in [1.29, 1.82) is 0 Å². The van der Waals surface area contributed by atoms with Crippen LogP contribution in [-0.4, -0.2) is 49.3 Å². The third kappa shape index (κ3) is 4.27. The molecule has 0 bridgehead atoms. The third-order valence-electron chi connectivity index (χ3n) is 5.82. The van der Waals surface area contributed by atoms with Gasteiger partial charge in [0.15, 0.2) is 0 Å². The van der Waals surface area contributed by atoms with Crippen molar-refractivity contribution in [3.8, 4) is 0 Å². The first-order valence-corrected chi connectivity index (χ1v) is 10.9. The molecule has 166 valence electrons. The molecule has 2 amide bonds. The topological polar surface area (TPSA) is 95.9 Å². The number of nitrogens with zero attached hydrogens (tertiary/aromatic N) is 4. The average Bonchev–Trinajstić information content (AvgIpc) is 3.54. The Morgan fingerprint density at radius 2 is 1.79 bits per heavy atom. The van der Waals surface area contributed by atoms with E-state index < -0.39 is 6.04 Å². The van der Waals surface area contributed by atoms with E-state index in [4.69, 9.17) is 0 Å². The Labute approximate surface area is 191 Å². The molecule has 0 saturated carbocycles. The molecule has 33 heavy (non-hydrogen) atoms. The molecule has 0 radical (unpaired) electrons. The molecular weight excluding hydrogens is 416 g/mol. The average molecular weight is 441 g/mol. The maximum absolute atomic E-state index is 13.2. The van der Waals surface area contributed by atoms with E-state index in [1.807, 2.05) is 65.2 Å². The molecule has 0 saturated heterocycles. The van der Waals surface area contributed by atoms with Crippen LogP contribution in [0.5, 0.6) is 0 Å². The molecule has 1 atom stereocenters. The van der Waals surface area contributed by atoms with Crippen molar-refractivity contribution in [2.75, 3.05) is 13.1 Å². The first-order chi connectivity index (χ1) is 16.2. The summed E-state index contributed by atoms with van der Waals surface area (Å²) in [5.41, 5.74) is 2.89. The number of hydrogen-bond donors (Lipinski definition) is 2. The Hall–Kier alpha value is -4.20. The van der Waals surface area contributed by atoms with Gasteiger partial charge in [0.1, 0.15) is 23.3 Å². The number of amides is 2. The van der Waals surface area contributed by atoms with Crippen LogP contribution < -0.4 is 5.32 Å². The number of aromatic amines is 1. The Bertz CT molecular complexity index is 1230. The van der Waals surface area contributed by atoms with Gasteiger partial charge in [0, 0.05) is 25.8 Å². The third-order valence-corrected chi connectivity index (χ3v) is 5.82. The van der Waals surface area contributed by atoms with Crippen LogP contribution in [-0.2, 0) is 13.0 Å². The molecular formula is C25H24N6O2. The minimum atomic E-state index is -0.401. The largest absolute Gasteiger partial charge is 0.350 e. The number of benzene rings is 2. The van der Waals surface area contributed by atoms with Gasteiger partial charge in [-0.3, -0.25) is 9.59 Å². The van der Waals surface area contributed by atoms with Gasteiger partial charge in [-0.15, -0.1) is 0 Å². The van der Waals surface area contributed by atoms with Gasteiger partial charge >= 0.3 is 0 Å². The molecule has 8 nitrogen and oxygen atoms in total. The Balaban J connectivity index is 1.39. The van der Waals surface area contributed by atoms with Crippen molar-refractivity contribution < 1.29 is 9.59 Å². The lowest BCUT2D eigenvalue weighted by molar-refractivity contribution is 0.0653. The molecule has 0 spiro atoms. The van der Waals surface area contributed by atoms with Crippen LogP contribution >= 0.6 is 0 Å². The Morgan fingerprint density at radius 3 is 2.52 bits per heavy atom. The van der Waals surface area contributed by atoms with Gasteiger partial charge in [-0.05, 0) is 17.5 Å². The first kappa shape index (κ1) is 20.7. The van der Waals surface area contributed by atoms with Crippen molar-refractivity contribution in [3.05, 3.63) is 108 Å². The fourth-order valence-corrected chi connectivity index (χ4v) is 4.19. The van der Waals surface area contributed by atoms with Crippen LogP contribution in [0.1, 0.15) is 44.0 Å². The highest BCUT2D eigenvalue weighted by molar-refractivity contribution is 5.93. The zero-order chi connectivity index (χ0) is 22.6. The molecule has 2 aromatic heterocycles.